The van der Waals surface area contributed by atoms with E-state index in [0.717, 1.165) is 50.4 Å². The van der Waals surface area contributed by atoms with Gasteiger partial charge in [-0.3, -0.25) is 0 Å². The highest BCUT2D eigenvalue weighted by atomic mass is 16.5. The van der Waals surface area contributed by atoms with E-state index in [1.54, 1.807) is 12.1 Å². The van der Waals surface area contributed by atoms with Gasteiger partial charge in [-0.2, -0.15) is 10.2 Å². The fourth-order valence-electron chi connectivity index (χ4n) is 4.18. The summed E-state index contributed by atoms with van der Waals surface area (Å²) in [5.74, 6) is 1.65. The molecular weight excluding hydrogens is 472 g/mol. The van der Waals surface area contributed by atoms with Crippen LogP contribution in [0.4, 0.5) is 11.6 Å². The van der Waals surface area contributed by atoms with E-state index in [2.05, 4.69) is 54.2 Å². The van der Waals surface area contributed by atoms with Crippen LogP contribution in [0.5, 0.6) is 11.6 Å². The predicted molar refractivity (Wildman–Crippen MR) is 155 cm³/mol. The van der Waals surface area contributed by atoms with E-state index >= 15 is 0 Å². The van der Waals surface area contributed by atoms with Crippen molar-refractivity contribution in [2.24, 2.45) is 7.05 Å². The lowest BCUT2D eigenvalue weighted by molar-refractivity contribution is 0.459. The molecule has 0 fully saturated rings. The van der Waals surface area contributed by atoms with Crippen LogP contribution in [0.1, 0.15) is 29.2 Å². The minimum Gasteiger partial charge on any atom is -0.436 e. The first-order valence-corrected chi connectivity index (χ1v) is 12.3. The van der Waals surface area contributed by atoms with E-state index in [0.29, 0.717) is 17.4 Å². The van der Waals surface area contributed by atoms with Crippen molar-refractivity contribution in [3.63, 3.8) is 0 Å². The summed E-state index contributed by atoms with van der Waals surface area (Å²) in [7, 11) is 5.94. The van der Waals surface area contributed by atoms with Crippen LogP contribution in [0.3, 0.4) is 0 Å². The summed E-state index contributed by atoms with van der Waals surface area (Å²) in [5, 5.41) is 12.3. The summed E-state index contributed by atoms with van der Waals surface area (Å²) < 4.78 is 8.44. The van der Waals surface area contributed by atoms with Gasteiger partial charge in [-0.15, -0.1) is 0 Å². The van der Waals surface area contributed by atoms with Crippen LogP contribution in [0.25, 0.3) is 16.6 Å². The SMILES string of the molecule is C=C/C(=C\C=C(/C)c1cc(C)c(Oc2nc(Nc3ccc(C#N)cc3)nc3ccn(C)c23)c(C)c1)N(C)C. The molecule has 0 spiro atoms. The second-order valence-corrected chi connectivity index (χ2v) is 9.41. The maximum absolute atomic E-state index is 9.06. The Morgan fingerprint density at radius 1 is 1.08 bits per heavy atom. The fraction of sp³-hybridized carbons (Fsp3) is 0.194. The number of allylic oxidation sites excluding steroid dienone is 4. The molecule has 7 heteroatoms. The number of aryl methyl sites for hydroxylation is 3. The Balaban J connectivity index is 1.69. The molecule has 4 rings (SSSR count). The smallest absolute Gasteiger partial charge is 0.249 e. The maximum atomic E-state index is 9.06. The zero-order valence-electron chi connectivity index (χ0n) is 22.7. The van der Waals surface area contributed by atoms with Crippen LogP contribution in [0.2, 0.25) is 0 Å². The number of aromatic nitrogens is 3. The molecule has 0 aliphatic carbocycles. The molecule has 0 radical (unpaired) electrons. The van der Waals surface area contributed by atoms with Gasteiger partial charge in [0.1, 0.15) is 11.3 Å². The lowest BCUT2D eigenvalue weighted by atomic mass is 10.00. The lowest BCUT2D eigenvalue weighted by Gasteiger charge is -2.16. The summed E-state index contributed by atoms with van der Waals surface area (Å²) in [4.78, 5) is 11.4. The van der Waals surface area contributed by atoms with Gasteiger partial charge in [-0.25, -0.2) is 4.98 Å². The van der Waals surface area contributed by atoms with Gasteiger partial charge in [0.25, 0.3) is 0 Å². The van der Waals surface area contributed by atoms with E-state index in [4.69, 9.17) is 15.0 Å². The molecule has 0 unspecified atom stereocenters. The first-order valence-electron chi connectivity index (χ1n) is 12.3. The molecular formula is C31H32N6O. The van der Waals surface area contributed by atoms with Crippen molar-refractivity contribution in [3.05, 3.63) is 101 Å². The van der Waals surface area contributed by atoms with Crippen LogP contribution in [0.15, 0.2) is 79.2 Å². The zero-order valence-corrected chi connectivity index (χ0v) is 22.7. The summed E-state index contributed by atoms with van der Waals surface area (Å²) in [6.07, 6.45) is 7.94. The Bertz CT molecular complexity index is 1580. The third-order valence-corrected chi connectivity index (χ3v) is 6.30. The van der Waals surface area contributed by atoms with Crippen LogP contribution >= 0.6 is 0 Å². The number of hydrogen-bond acceptors (Lipinski definition) is 6. The monoisotopic (exact) mass is 504 g/mol. The molecule has 7 nitrogen and oxygen atoms in total. The van der Waals surface area contributed by atoms with E-state index in [1.165, 1.54) is 0 Å². The Morgan fingerprint density at radius 3 is 2.37 bits per heavy atom. The number of nitriles is 1. The van der Waals surface area contributed by atoms with Gasteiger partial charge in [-0.05, 0) is 97.7 Å². The minimum atomic E-state index is 0.416. The van der Waals surface area contributed by atoms with Gasteiger partial charge in [0.15, 0.2) is 0 Å². The van der Waals surface area contributed by atoms with Gasteiger partial charge in [0.05, 0.1) is 17.1 Å². The number of anilines is 2. The molecule has 0 aliphatic rings. The fourth-order valence-corrected chi connectivity index (χ4v) is 4.18. The van der Waals surface area contributed by atoms with Crippen LogP contribution < -0.4 is 10.1 Å². The van der Waals surface area contributed by atoms with Crippen molar-refractivity contribution in [2.75, 3.05) is 19.4 Å². The van der Waals surface area contributed by atoms with Crippen molar-refractivity contribution >= 4 is 28.2 Å². The number of nitrogens with zero attached hydrogens (tertiary/aromatic N) is 5. The van der Waals surface area contributed by atoms with Crippen LogP contribution in [0, 0.1) is 25.2 Å². The Hall–Kier alpha value is -4.83. The zero-order chi connectivity index (χ0) is 27.4. The highest BCUT2D eigenvalue weighted by Gasteiger charge is 2.16. The molecule has 1 N–H and O–H groups in total. The molecule has 2 heterocycles. The van der Waals surface area contributed by atoms with Crippen molar-refractivity contribution in [2.45, 2.75) is 20.8 Å². The molecule has 0 bridgehead atoms. The lowest BCUT2D eigenvalue weighted by Crippen LogP contribution is -2.08. The van der Waals surface area contributed by atoms with Crippen LogP contribution in [-0.2, 0) is 7.05 Å². The quantitative estimate of drug-likeness (QED) is 0.260. The van der Waals surface area contributed by atoms with Crippen molar-refractivity contribution in [3.8, 4) is 17.7 Å². The van der Waals surface area contributed by atoms with Gasteiger partial charge < -0.3 is 19.5 Å². The largest absolute Gasteiger partial charge is 0.436 e. The highest BCUT2D eigenvalue weighted by Crippen LogP contribution is 2.35. The average Bonchev–Trinajstić information content (AvgIpc) is 3.27. The van der Waals surface area contributed by atoms with E-state index in [9.17, 15) is 0 Å². The number of fused-ring (bicyclic) bond motifs is 1. The molecule has 0 saturated heterocycles. The highest BCUT2D eigenvalue weighted by molar-refractivity contribution is 5.83. The number of hydrogen-bond donors (Lipinski definition) is 1. The third kappa shape index (κ3) is 5.60. The molecule has 192 valence electrons. The Labute approximate surface area is 224 Å². The van der Waals surface area contributed by atoms with E-state index in [-0.39, 0.29) is 0 Å². The molecule has 0 amide bonds. The maximum Gasteiger partial charge on any atom is 0.249 e. The van der Waals surface area contributed by atoms with Gasteiger partial charge in [-0.1, -0.05) is 12.7 Å². The topological polar surface area (TPSA) is 79.0 Å². The summed E-state index contributed by atoms with van der Waals surface area (Å²) in [6.45, 7) is 10.1. The van der Waals surface area contributed by atoms with E-state index in [1.807, 2.05) is 74.9 Å². The number of nitrogens with one attached hydrogen (secondary N) is 1. The number of likely N-dealkylation sites (N-methyl/N-ethyl adjacent to an activating group) is 1. The van der Waals surface area contributed by atoms with Crippen molar-refractivity contribution in [1.29, 1.82) is 5.26 Å². The van der Waals surface area contributed by atoms with Gasteiger partial charge in [0.2, 0.25) is 11.8 Å². The molecule has 2 aromatic carbocycles. The number of benzene rings is 2. The number of ether oxygens (including phenoxy) is 1. The van der Waals surface area contributed by atoms with Gasteiger partial charge in [0, 0.05) is 38.7 Å². The third-order valence-electron chi connectivity index (χ3n) is 6.30. The second kappa shape index (κ2) is 11.1. The second-order valence-electron chi connectivity index (χ2n) is 9.41. The average molecular weight is 505 g/mol. The number of rotatable bonds is 8. The van der Waals surface area contributed by atoms with Crippen LogP contribution in [-0.4, -0.2) is 33.5 Å². The standard InChI is InChI=1S/C31H32N6O/c1-8-26(36(5)6)14-9-20(2)24-17-21(3)29(22(4)18-24)38-30-28-27(15-16-37(28)7)34-31(35-30)33-25-12-10-23(19-32)11-13-25/h8-18H,1H2,2-7H3,(H,33,34,35)/b20-9+,26-14+. The molecule has 0 saturated carbocycles. The summed E-state index contributed by atoms with van der Waals surface area (Å²) in [6, 6.07) is 15.5. The molecule has 38 heavy (non-hydrogen) atoms. The first kappa shape index (κ1) is 26.2. The van der Waals surface area contributed by atoms with Crippen molar-refractivity contribution < 1.29 is 4.74 Å². The molecule has 0 atom stereocenters. The summed E-state index contributed by atoms with van der Waals surface area (Å²) in [5.41, 5.74) is 8.28. The van der Waals surface area contributed by atoms with E-state index < -0.39 is 0 Å². The molecule has 4 aromatic rings. The molecule has 2 aromatic heterocycles. The Morgan fingerprint density at radius 2 is 1.76 bits per heavy atom. The van der Waals surface area contributed by atoms with Gasteiger partial charge >= 0.3 is 0 Å². The minimum absolute atomic E-state index is 0.416. The molecule has 0 aliphatic heterocycles. The van der Waals surface area contributed by atoms with Crippen molar-refractivity contribution in [1.82, 2.24) is 19.4 Å². The Kier molecular flexibility index (Phi) is 7.63. The predicted octanol–water partition coefficient (Wildman–Crippen LogP) is 7.03. The summed E-state index contributed by atoms with van der Waals surface area (Å²) >= 11 is 0. The normalized spacial score (nSPS) is 11.8. The first-order chi connectivity index (χ1) is 18.2.